The van der Waals surface area contributed by atoms with Gasteiger partial charge in [0.1, 0.15) is 5.82 Å². The average Bonchev–Trinajstić information content (AvgIpc) is 2.73. The van der Waals surface area contributed by atoms with Gasteiger partial charge < -0.3 is 10.6 Å². The lowest BCUT2D eigenvalue weighted by Crippen LogP contribution is -2.39. The van der Waals surface area contributed by atoms with Crippen LogP contribution < -0.4 is 10.6 Å². The first-order chi connectivity index (χ1) is 15.6. The number of nitro benzene ring substituents is 1. The van der Waals surface area contributed by atoms with Gasteiger partial charge in [0.05, 0.1) is 4.92 Å². The van der Waals surface area contributed by atoms with Gasteiger partial charge in [-0.3, -0.25) is 19.7 Å². The van der Waals surface area contributed by atoms with Gasteiger partial charge in [0.25, 0.3) is 11.6 Å². The summed E-state index contributed by atoms with van der Waals surface area (Å²) in [7, 11) is 0. The molecule has 1 amide bonds. The van der Waals surface area contributed by atoms with Crippen LogP contribution in [0.4, 0.5) is 11.5 Å². The third-order valence-corrected chi connectivity index (χ3v) is 6.36. The molecule has 0 saturated carbocycles. The van der Waals surface area contributed by atoms with Crippen molar-refractivity contribution in [1.82, 2.24) is 10.3 Å². The Balaban J connectivity index is 1.80. The number of nitro groups is 1. The molecule has 1 atom stereocenters. The Labute approximate surface area is 199 Å². The molecule has 0 radical (unpaired) electrons. The van der Waals surface area contributed by atoms with Crippen molar-refractivity contribution in [3.05, 3.63) is 85.3 Å². The second-order valence-corrected chi connectivity index (χ2v) is 10.0. The normalized spacial score (nSPS) is 19.6. The summed E-state index contributed by atoms with van der Waals surface area (Å²) >= 11 is 3.32. The Kier molecular flexibility index (Phi) is 5.92. The Bertz CT molecular complexity index is 1210. The summed E-state index contributed by atoms with van der Waals surface area (Å²) in [4.78, 5) is 41.6. The summed E-state index contributed by atoms with van der Waals surface area (Å²) in [5, 5.41) is 17.3. The third-order valence-electron chi connectivity index (χ3n) is 5.89. The van der Waals surface area contributed by atoms with E-state index < -0.39 is 10.8 Å². The fraction of sp³-hybridized carbons (Fsp3) is 0.292. The maximum atomic E-state index is 13.4. The number of allylic oxidation sites excluding steroid dienone is 3. The van der Waals surface area contributed by atoms with Crippen LogP contribution in [0.15, 0.2) is 69.6 Å². The fourth-order valence-electron chi connectivity index (χ4n) is 4.49. The molecule has 2 aliphatic rings. The van der Waals surface area contributed by atoms with Crippen molar-refractivity contribution >= 4 is 39.1 Å². The predicted octanol–water partition coefficient (Wildman–Crippen LogP) is 5.00. The molecular formula is C24H23BrN4O4. The first-order valence-corrected chi connectivity index (χ1v) is 11.3. The van der Waals surface area contributed by atoms with Crippen LogP contribution >= 0.6 is 15.9 Å². The van der Waals surface area contributed by atoms with Crippen LogP contribution in [-0.2, 0) is 9.59 Å². The predicted molar refractivity (Wildman–Crippen MR) is 127 cm³/mol. The van der Waals surface area contributed by atoms with Gasteiger partial charge >= 0.3 is 0 Å². The zero-order valence-corrected chi connectivity index (χ0v) is 20.0. The largest absolute Gasteiger partial charge is 0.362 e. The number of anilines is 1. The zero-order chi connectivity index (χ0) is 23.9. The maximum absolute atomic E-state index is 13.4. The third kappa shape index (κ3) is 4.59. The molecule has 2 N–H and O–H groups in total. The molecule has 4 rings (SSSR count). The molecule has 0 bridgehead atoms. The summed E-state index contributed by atoms with van der Waals surface area (Å²) < 4.78 is 0.782. The van der Waals surface area contributed by atoms with Gasteiger partial charge in [0.2, 0.25) is 0 Å². The lowest BCUT2D eigenvalue weighted by atomic mass is 9.68. The topological polar surface area (TPSA) is 114 Å². The highest BCUT2D eigenvalue weighted by atomic mass is 79.9. The van der Waals surface area contributed by atoms with Crippen LogP contribution in [0, 0.1) is 15.5 Å². The second-order valence-electron chi connectivity index (χ2n) is 9.09. The molecular weight excluding hydrogens is 488 g/mol. The number of ketones is 1. The Hall–Kier alpha value is -3.33. The summed E-state index contributed by atoms with van der Waals surface area (Å²) in [6.07, 6.45) is 2.61. The smallest absolute Gasteiger partial charge is 0.269 e. The standard InChI is InChI=1S/C24H23BrN4O4/c1-13-20(23(31)28-19-9-6-15(25)12-26-19)21(14-4-7-16(8-5-14)29(32)33)22-17(27-13)10-24(2,3)11-18(22)30/h4-9,12,21,27H,10-11H2,1-3H3,(H,26,28,31)/t21-/m1/s1. The van der Waals surface area contributed by atoms with Crippen LogP contribution in [-0.4, -0.2) is 21.6 Å². The lowest BCUT2D eigenvalue weighted by molar-refractivity contribution is -0.384. The molecule has 0 unspecified atom stereocenters. The molecule has 9 heteroatoms. The lowest BCUT2D eigenvalue weighted by Gasteiger charge is -2.39. The molecule has 2 heterocycles. The number of nitrogens with zero attached hydrogens (tertiary/aromatic N) is 2. The number of hydrogen-bond acceptors (Lipinski definition) is 6. The van der Waals surface area contributed by atoms with E-state index in [-0.39, 0.29) is 22.8 Å². The van der Waals surface area contributed by atoms with Crippen molar-refractivity contribution in [3.63, 3.8) is 0 Å². The molecule has 1 aromatic heterocycles. The Morgan fingerprint density at radius 1 is 1.21 bits per heavy atom. The number of dihydropyridines is 1. The van der Waals surface area contributed by atoms with E-state index in [1.807, 2.05) is 13.8 Å². The van der Waals surface area contributed by atoms with Gasteiger partial charge in [-0.15, -0.1) is 0 Å². The number of carbonyl (C=O) groups excluding carboxylic acids is 2. The van der Waals surface area contributed by atoms with Crippen molar-refractivity contribution in [1.29, 1.82) is 0 Å². The van der Waals surface area contributed by atoms with Gasteiger partial charge in [0.15, 0.2) is 5.78 Å². The van der Waals surface area contributed by atoms with Crippen molar-refractivity contribution < 1.29 is 14.5 Å². The number of Topliss-reactive ketones (excluding diaryl/α,β-unsaturated/α-hetero) is 1. The number of non-ortho nitro benzene ring substituents is 1. The highest BCUT2D eigenvalue weighted by Crippen LogP contribution is 2.46. The molecule has 1 aromatic carbocycles. The molecule has 8 nitrogen and oxygen atoms in total. The number of aromatic nitrogens is 1. The van der Waals surface area contributed by atoms with E-state index in [0.717, 1.165) is 10.2 Å². The van der Waals surface area contributed by atoms with Crippen LogP contribution in [0.1, 0.15) is 45.1 Å². The van der Waals surface area contributed by atoms with Gasteiger partial charge in [-0.2, -0.15) is 0 Å². The van der Waals surface area contributed by atoms with Gasteiger partial charge in [-0.05, 0) is 52.4 Å². The van der Waals surface area contributed by atoms with Gasteiger partial charge in [-0.1, -0.05) is 26.0 Å². The number of amides is 1. The SMILES string of the molecule is CC1=C(C(=O)Nc2ccc(Br)cn2)[C@@H](c2ccc([N+](=O)[O-])cc2)C2=C(CC(C)(C)CC2=O)N1. The molecule has 170 valence electrons. The Morgan fingerprint density at radius 3 is 2.52 bits per heavy atom. The molecule has 1 aliphatic carbocycles. The van der Waals surface area contributed by atoms with E-state index in [1.165, 1.54) is 12.1 Å². The van der Waals surface area contributed by atoms with E-state index in [0.29, 0.717) is 41.1 Å². The number of carbonyl (C=O) groups is 2. The molecule has 33 heavy (non-hydrogen) atoms. The molecule has 2 aromatic rings. The van der Waals surface area contributed by atoms with Crippen molar-refractivity contribution in [2.75, 3.05) is 5.32 Å². The van der Waals surface area contributed by atoms with Crippen molar-refractivity contribution in [2.24, 2.45) is 5.41 Å². The number of benzene rings is 1. The highest BCUT2D eigenvalue weighted by Gasteiger charge is 2.42. The van der Waals surface area contributed by atoms with E-state index in [1.54, 1.807) is 37.4 Å². The highest BCUT2D eigenvalue weighted by molar-refractivity contribution is 9.10. The first-order valence-electron chi connectivity index (χ1n) is 10.5. The minimum atomic E-state index is -0.638. The minimum Gasteiger partial charge on any atom is -0.362 e. The molecule has 1 aliphatic heterocycles. The van der Waals surface area contributed by atoms with Gasteiger partial charge in [0, 0.05) is 57.7 Å². The summed E-state index contributed by atoms with van der Waals surface area (Å²) in [5.74, 6) is -0.679. The number of nitrogens with one attached hydrogen (secondary N) is 2. The second kappa shape index (κ2) is 8.55. The van der Waals surface area contributed by atoms with Crippen molar-refractivity contribution in [3.8, 4) is 0 Å². The fourth-order valence-corrected chi connectivity index (χ4v) is 4.73. The van der Waals surface area contributed by atoms with Crippen LogP contribution in [0.25, 0.3) is 0 Å². The van der Waals surface area contributed by atoms with Crippen LogP contribution in [0.5, 0.6) is 0 Å². The van der Waals surface area contributed by atoms with E-state index in [9.17, 15) is 19.7 Å². The summed E-state index contributed by atoms with van der Waals surface area (Å²) in [6, 6.07) is 9.47. The summed E-state index contributed by atoms with van der Waals surface area (Å²) in [6.45, 7) is 5.88. The molecule has 0 saturated heterocycles. The van der Waals surface area contributed by atoms with E-state index >= 15 is 0 Å². The summed E-state index contributed by atoms with van der Waals surface area (Å²) in [5.41, 5.74) is 2.76. The number of hydrogen-bond donors (Lipinski definition) is 2. The number of rotatable bonds is 4. The van der Waals surface area contributed by atoms with Gasteiger partial charge in [-0.25, -0.2) is 4.98 Å². The monoisotopic (exact) mass is 510 g/mol. The van der Waals surface area contributed by atoms with Crippen molar-refractivity contribution in [2.45, 2.75) is 39.5 Å². The number of pyridine rings is 1. The number of halogens is 1. The van der Waals surface area contributed by atoms with E-state index in [2.05, 4.69) is 31.5 Å². The van der Waals surface area contributed by atoms with Crippen LogP contribution in [0.2, 0.25) is 0 Å². The molecule has 0 fully saturated rings. The minimum absolute atomic E-state index is 0.0309. The first kappa shape index (κ1) is 22.8. The zero-order valence-electron chi connectivity index (χ0n) is 18.4. The van der Waals surface area contributed by atoms with E-state index in [4.69, 9.17) is 0 Å². The quantitative estimate of drug-likeness (QED) is 0.442. The average molecular weight is 511 g/mol. The maximum Gasteiger partial charge on any atom is 0.269 e. The van der Waals surface area contributed by atoms with Crippen LogP contribution in [0.3, 0.4) is 0 Å². The Morgan fingerprint density at radius 2 is 1.91 bits per heavy atom. The molecule has 0 spiro atoms.